The second-order valence-corrected chi connectivity index (χ2v) is 7.07. The maximum atomic E-state index is 12.2. The number of hydrogen-bond acceptors (Lipinski definition) is 1. The van der Waals surface area contributed by atoms with Gasteiger partial charge < -0.3 is 5.32 Å². The smallest absolute Gasteiger partial charge is 0.223 e. The summed E-state index contributed by atoms with van der Waals surface area (Å²) in [5.74, 6) is 0.955. The molecular weight excluding hydrogens is 234 g/mol. The third-order valence-electron chi connectivity index (χ3n) is 3.93. The third kappa shape index (κ3) is 4.17. The molecule has 1 aliphatic rings. The summed E-state index contributed by atoms with van der Waals surface area (Å²) in [6, 6.07) is 0. The summed E-state index contributed by atoms with van der Waals surface area (Å²) < 4.78 is 0. The van der Waals surface area contributed by atoms with E-state index in [0.717, 1.165) is 12.8 Å². The van der Waals surface area contributed by atoms with Crippen molar-refractivity contribution < 1.29 is 4.79 Å². The summed E-state index contributed by atoms with van der Waals surface area (Å²) in [7, 11) is 0. The van der Waals surface area contributed by atoms with Crippen LogP contribution in [-0.2, 0) is 4.79 Å². The first-order valence-electron chi connectivity index (χ1n) is 6.62. The van der Waals surface area contributed by atoms with Crippen molar-refractivity contribution in [3.05, 3.63) is 0 Å². The van der Waals surface area contributed by atoms with Crippen LogP contribution in [0.1, 0.15) is 53.4 Å². The van der Waals surface area contributed by atoms with Gasteiger partial charge in [0.2, 0.25) is 5.91 Å². The number of nitrogens with one attached hydrogen (secondary N) is 1. The van der Waals surface area contributed by atoms with Gasteiger partial charge in [-0.3, -0.25) is 4.79 Å². The summed E-state index contributed by atoms with van der Waals surface area (Å²) >= 11 is 5.87. The zero-order valence-electron chi connectivity index (χ0n) is 11.6. The number of carbonyl (C=O) groups excluding carboxylic acids is 1. The molecule has 0 aromatic carbocycles. The molecule has 0 heterocycles. The van der Waals surface area contributed by atoms with Crippen molar-refractivity contribution >= 4 is 17.5 Å². The third-order valence-corrected chi connectivity index (χ3v) is 4.65. The Labute approximate surface area is 110 Å². The van der Waals surface area contributed by atoms with Crippen molar-refractivity contribution in [2.24, 2.45) is 16.7 Å². The summed E-state index contributed by atoms with van der Waals surface area (Å²) in [6.07, 6.45) is 4.62. The lowest BCUT2D eigenvalue weighted by Gasteiger charge is -2.38. The number of alkyl halides is 1. The Morgan fingerprint density at radius 1 is 1.41 bits per heavy atom. The van der Waals surface area contributed by atoms with E-state index in [1.807, 2.05) is 0 Å². The molecule has 3 heteroatoms. The normalized spacial score (nSPS) is 24.4. The maximum absolute atomic E-state index is 12.2. The fourth-order valence-corrected chi connectivity index (χ4v) is 2.57. The highest BCUT2D eigenvalue weighted by Gasteiger charge is 2.37. The fourth-order valence-electron chi connectivity index (χ4n) is 2.48. The van der Waals surface area contributed by atoms with E-state index in [1.54, 1.807) is 0 Å². The first-order valence-corrected chi connectivity index (χ1v) is 7.16. The second-order valence-electron chi connectivity index (χ2n) is 6.80. The average molecular weight is 260 g/mol. The van der Waals surface area contributed by atoms with Gasteiger partial charge in [0.15, 0.2) is 0 Å². The quantitative estimate of drug-likeness (QED) is 0.769. The van der Waals surface area contributed by atoms with Crippen molar-refractivity contribution in [3.8, 4) is 0 Å². The molecule has 100 valence electrons. The van der Waals surface area contributed by atoms with Crippen LogP contribution in [0.2, 0.25) is 0 Å². The Bertz CT molecular complexity index is 273. The minimum absolute atomic E-state index is 0.0178. The van der Waals surface area contributed by atoms with Gasteiger partial charge in [-0.05, 0) is 23.7 Å². The largest absolute Gasteiger partial charge is 0.355 e. The van der Waals surface area contributed by atoms with E-state index in [2.05, 4.69) is 33.0 Å². The molecule has 0 spiro atoms. The highest BCUT2D eigenvalue weighted by atomic mass is 35.5. The van der Waals surface area contributed by atoms with Crippen molar-refractivity contribution in [3.63, 3.8) is 0 Å². The van der Waals surface area contributed by atoms with E-state index in [-0.39, 0.29) is 22.7 Å². The maximum Gasteiger partial charge on any atom is 0.223 e. The molecule has 1 amide bonds. The standard InChI is InChI=1S/C14H26ClNO/c1-13(2,9-15)10-16-12(17)11-7-5-6-8-14(11,3)4/h11H,5-10H2,1-4H3,(H,16,17). The van der Waals surface area contributed by atoms with Gasteiger partial charge in [0.05, 0.1) is 0 Å². The molecule has 0 saturated heterocycles. The van der Waals surface area contributed by atoms with Crippen LogP contribution in [0.15, 0.2) is 0 Å². The SMILES string of the molecule is CC(C)(CCl)CNC(=O)C1CCCCC1(C)C. The molecule has 1 rings (SSSR count). The van der Waals surface area contributed by atoms with Gasteiger partial charge in [0.1, 0.15) is 0 Å². The predicted molar refractivity (Wildman–Crippen MR) is 73.2 cm³/mol. The number of halogens is 1. The van der Waals surface area contributed by atoms with Crippen molar-refractivity contribution in [1.29, 1.82) is 0 Å². The molecule has 17 heavy (non-hydrogen) atoms. The van der Waals surface area contributed by atoms with Crippen LogP contribution in [-0.4, -0.2) is 18.3 Å². The molecule has 2 nitrogen and oxygen atoms in total. The Balaban J connectivity index is 2.52. The van der Waals surface area contributed by atoms with Crippen LogP contribution in [0.5, 0.6) is 0 Å². The lowest BCUT2D eigenvalue weighted by Crippen LogP contribution is -2.44. The lowest BCUT2D eigenvalue weighted by molar-refractivity contribution is -0.130. The minimum atomic E-state index is -0.0178. The van der Waals surface area contributed by atoms with E-state index in [4.69, 9.17) is 11.6 Å². The molecule has 0 aromatic heterocycles. The van der Waals surface area contributed by atoms with Gasteiger partial charge in [-0.25, -0.2) is 0 Å². The average Bonchev–Trinajstić information content (AvgIpc) is 2.25. The molecule has 0 aliphatic heterocycles. The van der Waals surface area contributed by atoms with E-state index in [1.165, 1.54) is 12.8 Å². The van der Waals surface area contributed by atoms with Gasteiger partial charge in [-0.15, -0.1) is 11.6 Å². The zero-order valence-corrected chi connectivity index (χ0v) is 12.4. The molecule has 1 unspecified atom stereocenters. The first-order chi connectivity index (χ1) is 7.78. The molecule has 0 aromatic rings. The highest BCUT2D eigenvalue weighted by Crippen LogP contribution is 2.40. The monoisotopic (exact) mass is 259 g/mol. The fraction of sp³-hybridized carbons (Fsp3) is 0.929. The molecular formula is C14H26ClNO. The Morgan fingerprint density at radius 3 is 2.59 bits per heavy atom. The number of hydrogen-bond donors (Lipinski definition) is 1. The summed E-state index contributed by atoms with van der Waals surface area (Å²) in [6.45, 7) is 9.24. The van der Waals surface area contributed by atoms with Crippen LogP contribution in [0.3, 0.4) is 0 Å². The van der Waals surface area contributed by atoms with Crippen molar-refractivity contribution in [2.75, 3.05) is 12.4 Å². The Hall–Kier alpha value is -0.240. The molecule has 1 saturated carbocycles. The van der Waals surface area contributed by atoms with Gasteiger partial charge in [-0.1, -0.05) is 40.5 Å². The minimum Gasteiger partial charge on any atom is -0.355 e. The zero-order chi connectivity index (χ0) is 13.1. The number of carbonyl (C=O) groups is 1. The van der Waals surface area contributed by atoms with Crippen LogP contribution in [0.4, 0.5) is 0 Å². The molecule has 0 bridgehead atoms. The van der Waals surface area contributed by atoms with Crippen LogP contribution in [0, 0.1) is 16.7 Å². The van der Waals surface area contributed by atoms with Crippen LogP contribution < -0.4 is 5.32 Å². The molecule has 1 fully saturated rings. The molecule has 1 aliphatic carbocycles. The van der Waals surface area contributed by atoms with Crippen LogP contribution >= 0.6 is 11.6 Å². The number of amides is 1. The summed E-state index contributed by atoms with van der Waals surface area (Å²) in [5.41, 5.74) is 0.128. The highest BCUT2D eigenvalue weighted by molar-refractivity contribution is 6.18. The summed E-state index contributed by atoms with van der Waals surface area (Å²) in [4.78, 5) is 12.2. The Kier molecular flexibility index (Phi) is 4.88. The van der Waals surface area contributed by atoms with Gasteiger partial charge in [0, 0.05) is 18.3 Å². The molecule has 0 radical (unpaired) electrons. The van der Waals surface area contributed by atoms with E-state index in [0.29, 0.717) is 12.4 Å². The summed E-state index contributed by atoms with van der Waals surface area (Å²) in [5, 5.41) is 3.08. The van der Waals surface area contributed by atoms with Gasteiger partial charge in [-0.2, -0.15) is 0 Å². The van der Waals surface area contributed by atoms with Crippen molar-refractivity contribution in [1.82, 2.24) is 5.32 Å². The molecule has 1 N–H and O–H groups in total. The van der Waals surface area contributed by atoms with Gasteiger partial charge >= 0.3 is 0 Å². The Morgan fingerprint density at radius 2 is 2.06 bits per heavy atom. The topological polar surface area (TPSA) is 29.1 Å². The van der Waals surface area contributed by atoms with E-state index >= 15 is 0 Å². The van der Waals surface area contributed by atoms with Gasteiger partial charge in [0.25, 0.3) is 0 Å². The predicted octanol–water partition coefficient (Wildman–Crippen LogP) is 3.58. The lowest BCUT2D eigenvalue weighted by atomic mass is 9.68. The number of rotatable bonds is 4. The van der Waals surface area contributed by atoms with E-state index in [9.17, 15) is 4.79 Å². The molecule has 1 atom stereocenters. The van der Waals surface area contributed by atoms with Crippen molar-refractivity contribution in [2.45, 2.75) is 53.4 Å². The first kappa shape index (κ1) is 14.8. The van der Waals surface area contributed by atoms with Crippen LogP contribution in [0.25, 0.3) is 0 Å². The van der Waals surface area contributed by atoms with E-state index < -0.39 is 0 Å². The second kappa shape index (κ2) is 5.60.